The van der Waals surface area contributed by atoms with E-state index in [9.17, 15) is 4.79 Å². The van der Waals surface area contributed by atoms with Crippen molar-refractivity contribution in [3.05, 3.63) is 71.9 Å². The first-order valence-corrected chi connectivity index (χ1v) is 15.9. The predicted molar refractivity (Wildman–Crippen MR) is 170 cm³/mol. The van der Waals surface area contributed by atoms with Crippen LogP contribution in [0.2, 0.25) is 0 Å². The molecule has 3 aromatic rings. The second-order valence-electron chi connectivity index (χ2n) is 13.1. The zero-order valence-corrected chi connectivity index (χ0v) is 26.9. The zero-order chi connectivity index (χ0) is 31.1. The molecule has 0 bridgehead atoms. The lowest BCUT2D eigenvalue weighted by Crippen LogP contribution is -2.39. The van der Waals surface area contributed by atoms with Crippen LogP contribution in [0.15, 0.2) is 60.8 Å². The lowest BCUT2D eigenvalue weighted by molar-refractivity contribution is -0.0683. The lowest BCUT2D eigenvalue weighted by atomic mass is 9.92. The Morgan fingerprint density at radius 1 is 1.00 bits per heavy atom. The molecule has 1 atom stereocenters. The number of hydrogen-bond donors (Lipinski definition) is 0. The van der Waals surface area contributed by atoms with E-state index in [1.165, 1.54) is 5.56 Å². The number of amides is 1. The SMILES string of the molecule is CN(CCN(C)C(=O)OC(C)(C)C)Cc1cn([C@H]2CCCCO2)nc1-c1ccc(OC2CC(OCc3ccccc3)C2)cc1. The number of benzene rings is 2. The highest BCUT2D eigenvalue weighted by Gasteiger charge is 2.32. The Bertz CT molecular complexity index is 1330. The number of aromatic nitrogens is 2. The monoisotopic (exact) mass is 604 g/mol. The summed E-state index contributed by atoms with van der Waals surface area (Å²) in [5.41, 5.74) is 3.78. The molecule has 2 aliphatic rings. The molecule has 9 heteroatoms. The van der Waals surface area contributed by atoms with Crippen molar-refractivity contribution in [3.63, 3.8) is 0 Å². The van der Waals surface area contributed by atoms with E-state index in [0.29, 0.717) is 26.2 Å². The van der Waals surface area contributed by atoms with Crippen LogP contribution in [0, 0.1) is 0 Å². The minimum atomic E-state index is -0.514. The fourth-order valence-corrected chi connectivity index (χ4v) is 5.41. The summed E-state index contributed by atoms with van der Waals surface area (Å²) in [4.78, 5) is 16.2. The molecular weight excluding hydrogens is 556 g/mol. The largest absolute Gasteiger partial charge is 0.490 e. The average molecular weight is 605 g/mol. The van der Waals surface area contributed by atoms with E-state index in [0.717, 1.165) is 61.3 Å². The Morgan fingerprint density at radius 2 is 1.75 bits per heavy atom. The molecule has 1 aliphatic heterocycles. The Balaban J connectivity index is 1.18. The summed E-state index contributed by atoms with van der Waals surface area (Å²) < 4.78 is 25.8. The Labute approximate surface area is 262 Å². The normalized spacial score (nSPS) is 20.3. The van der Waals surface area contributed by atoms with Gasteiger partial charge in [0.25, 0.3) is 0 Å². The number of likely N-dealkylation sites (N-methyl/N-ethyl adjacent to an activating group) is 2. The van der Waals surface area contributed by atoms with Gasteiger partial charge >= 0.3 is 6.09 Å². The first kappa shape index (κ1) is 32.0. The van der Waals surface area contributed by atoms with Crippen LogP contribution >= 0.6 is 0 Å². The average Bonchev–Trinajstić information content (AvgIpc) is 3.41. The third-order valence-corrected chi connectivity index (χ3v) is 8.03. The smallest absolute Gasteiger partial charge is 0.410 e. The first-order chi connectivity index (χ1) is 21.1. The Kier molecular flexibility index (Phi) is 10.6. The fraction of sp³-hybridized carbons (Fsp3) is 0.543. The van der Waals surface area contributed by atoms with E-state index < -0.39 is 5.60 Å². The molecule has 44 heavy (non-hydrogen) atoms. The molecule has 238 valence electrons. The molecule has 1 saturated heterocycles. The van der Waals surface area contributed by atoms with Crippen LogP contribution < -0.4 is 4.74 Å². The lowest BCUT2D eigenvalue weighted by Gasteiger charge is -2.35. The maximum atomic E-state index is 12.4. The van der Waals surface area contributed by atoms with E-state index in [1.807, 2.05) is 55.8 Å². The third-order valence-electron chi connectivity index (χ3n) is 8.03. The van der Waals surface area contributed by atoms with Gasteiger partial charge < -0.3 is 28.7 Å². The minimum Gasteiger partial charge on any atom is -0.490 e. The third kappa shape index (κ3) is 9.06. The molecule has 2 aromatic carbocycles. The van der Waals surface area contributed by atoms with E-state index in [2.05, 4.69) is 42.4 Å². The van der Waals surface area contributed by atoms with Crippen molar-refractivity contribution >= 4 is 6.09 Å². The summed E-state index contributed by atoms with van der Waals surface area (Å²) in [5, 5.41) is 5.02. The van der Waals surface area contributed by atoms with Gasteiger partial charge in [0.1, 0.15) is 23.7 Å². The van der Waals surface area contributed by atoms with Gasteiger partial charge in [-0.2, -0.15) is 5.10 Å². The van der Waals surface area contributed by atoms with E-state index in [1.54, 1.807) is 11.9 Å². The Hall–Kier alpha value is -3.40. The Morgan fingerprint density at radius 3 is 2.43 bits per heavy atom. The quantitative estimate of drug-likeness (QED) is 0.228. The van der Waals surface area contributed by atoms with Crippen LogP contribution in [0.25, 0.3) is 11.3 Å². The van der Waals surface area contributed by atoms with E-state index in [-0.39, 0.29) is 24.5 Å². The topological polar surface area (TPSA) is 78.3 Å². The number of ether oxygens (including phenoxy) is 4. The van der Waals surface area contributed by atoms with Gasteiger partial charge in [-0.15, -0.1) is 0 Å². The molecule has 9 nitrogen and oxygen atoms in total. The van der Waals surface area contributed by atoms with Crippen LogP contribution in [-0.4, -0.2) is 77.3 Å². The number of nitrogens with zero attached hydrogens (tertiary/aromatic N) is 4. The standard InChI is InChI=1S/C35H48N4O5/c1-35(2,3)44-34(40)38(5)19-18-37(4)23-28-24-39(32-13-9-10-20-41-32)36-33(28)27-14-16-29(17-15-27)43-31-21-30(22-31)42-25-26-11-7-6-8-12-26/h6-8,11-12,14-17,24,30-32H,9-10,13,18-23,25H2,1-5H3/t30?,31?,32-/m1/s1. The number of rotatable bonds is 12. The predicted octanol–water partition coefficient (Wildman–Crippen LogP) is 6.67. The zero-order valence-electron chi connectivity index (χ0n) is 26.9. The van der Waals surface area contributed by atoms with Gasteiger partial charge in [-0.05, 0) is 76.9 Å². The van der Waals surface area contributed by atoms with Gasteiger partial charge in [0.15, 0.2) is 0 Å². The van der Waals surface area contributed by atoms with E-state index >= 15 is 0 Å². The molecule has 2 heterocycles. The summed E-state index contributed by atoms with van der Waals surface area (Å²) in [6.45, 7) is 8.99. The number of carbonyl (C=O) groups excluding carboxylic acids is 1. The second kappa shape index (κ2) is 14.6. The molecule has 1 aliphatic carbocycles. The maximum absolute atomic E-state index is 12.4. The van der Waals surface area contributed by atoms with Crippen LogP contribution in [0.5, 0.6) is 5.75 Å². The van der Waals surface area contributed by atoms with Crippen molar-refractivity contribution in [2.24, 2.45) is 0 Å². The molecule has 0 unspecified atom stereocenters. The molecule has 0 radical (unpaired) electrons. The minimum absolute atomic E-state index is 0.0434. The summed E-state index contributed by atoms with van der Waals surface area (Å²) in [6, 6.07) is 18.5. The van der Waals surface area contributed by atoms with Crippen molar-refractivity contribution in [1.82, 2.24) is 19.6 Å². The summed E-state index contributed by atoms with van der Waals surface area (Å²) >= 11 is 0. The van der Waals surface area contributed by atoms with Crippen molar-refractivity contribution in [3.8, 4) is 17.0 Å². The maximum Gasteiger partial charge on any atom is 0.410 e. The molecule has 0 spiro atoms. The molecule has 0 N–H and O–H groups in total. The van der Waals surface area contributed by atoms with Gasteiger partial charge in [0.2, 0.25) is 0 Å². The first-order valence-electron chi connectivity index (χ1n) is 15.9. The van der Waals surface area contributed by atoms with E-state index in [4.69, 9.17) is 24.0 Å². The van der Waals surface area contributed by atoms with Crippen molar-refractivity contribution in [2.45, 2.75) is 90.1 Å². The second-order valence-corrected chi connectivity index (χ2v) is 13.1. The number of carbonyl (C=O) groups is 1. The van der Waals surface area contributed by atoms with Crippen LogP contribution in [0.3, 0.4) is 0 Å². The molecule has 2 fully saturated rings. The molecule has 1 saturated carbocycles. The highest BCUT2D eigenvalue weighted by molar-refractivity contribution is 5.67. The molecular formula is C35H48N4O5. The summed E-state index contributed by atoms with van der Waals surface area (Å²) in [7, 11) is 3.84. The van der Waals surface area contributed by atoms with Crippen LogP contribution in [0.4, 0.5) is 4.79 Å². The summed E-state index contributed by atoms with van der Waals surface area (Å²) in [6.07, 6.45) is 7.17. The van der Waals surface area contributed by atoms with Crippen molar-refractivity contribution in [1.29, 1.82) is 0 Å². The highest BCUT2D eigenvalue weighted by Crippen LogP contribution is 2.32. The molecule has 1 amide bonds. The van der Waals surface area contributed by atoms with Gasteiger partial charge in [0, 0.05) is 63.5 Å². The van der Waals surface area contributed by atoms with Gasteiger partial charge in [-0.1, -0.05) is 30.3 Å². The highest BCUT2D eigenvalue weighted by atomic mass is 16.6. The van der Waals surface area contributed by atoms with Crippen molar-refractivity contribution in [2.75, 3.05) is 33.8 Å². The summed E-state index contributed by atoms with van der Waals surface area (Å²) in [5.74, 6) is 0.860. The van der Waals surface area contributed by atoms with Gasteiger partial charge in [-0.3, -0.25) is 0 Å². The van der Waals surface area contributed by atoms with Gasteiger partial charge in [0.05, 0.1) is 18.4 Å². The fourth-order valence-electron chi connectivity index (χ4n) is 5.41. The number of hydrogen-bond acceptors (Lipinski definition) is 7. The van der Waals surface area contributed by atoms with Crippen LogP contribution in [-0.2, 0) is 27.4 Å². The molecule has 1 aromatic heterocycles. The van der Waals surface area contributed by atoms with Crippen LogP contribution in [0.1, 0.15) is 70.2 Å². The van der Waals surface area contributed by atoms with Gasteiger partial charge in [-0.25, -0.2) is 9.48 Å². The van der Waals surface area contributed by atoms with Crippen molar-refractivity contribution < 1.29 is 23.7 Å². The molecule has 5 rings (SSSR count).